The van der Waals surface area contributed by atoms with Gasteiger partial charge in [-0.3, -0.25) is 37.3 Å². The van der Waals surface area contributed by atoms with Gasteiger partial charge < -0.3 is 33.8 Å². The number of rotatable bonds is 92. The lowest BCUT2D eigenvalue weighted by Gasteiger charge is -2.21. The van der Waals surface area contributed by atoms with Crippen molar-refractivity contribution < 1.29 is 80.2 Å². The van der Waals surface area contributed by atoms with E-state index in [0.29, 0.717) is 25.7 Å². The fraction of sp³-hybridized carbons (Fsp3) is 0.957. The molecule has 19 heteroatoms. The quantitative estimate of drug-likeness (QED) is 0.0222. The number of ether oxygens (including phenoxy) is 4. The zero-order chi connectivity index (χ0) is 82.0. The van der Waals surface area contributed by atoms with Crippen LogP contribution < -0.4 is 0 Å². The number of unbranched alkanes of at least 4 members (excludes halogenated alkanes) is 60. The molecule has 0 amide bonds. The maximum Gasteiger partial charge on any atom is 0.472 e. The lowest BCUT2D eigenvalue weighted by Crippen LogP contribution is -2.30. The van der Waals surface area contributed by atoms with Crippen LogP contribution in [0.1, 0.15) is 504 Å². The second-order valence-electron chi connectivity index (χ2n) is 33.9. The zero-order valence-corrected chi connectivity index (χ0v) is 75.8. The summed E-state index contributed by atoms with van der Waals surface area (Å²) in [6.07, 6.45) is 79.2. The Morgan fingerprint density at radius 3 is 0.634 bits per heavy atom. The summed E-state index contributed by atoms with van der Waals surface area (Å²) in [5.74, 6) is -0.349. The number of carbonyl (C=O) groups excluding carboxylic acids is 4. The molecule has 0 radical (unpaired) electrons. The van der Waals surface area contributed by atoms with Crippen molar-refractivity contribution in [3.05, 3.63) is 0 Å². The first-order valence-electron chi connectivity index (χ1n) is 48.1. The third-order valence-corrected chi connectivity index (χ3v) is 24.6. The fourth-order valence-electron chi connectivity index (χ4n) is 14.6. The van der Waals surface area contributed by atoms with Crippen LogP contribution in [0.3, 0.4) is 0 Å². The van der Waals surface area contributed by atoms with Crippen LogP contribution in [0.4, 0.5) is 0 Å². The second kappa shape index (κ2) is 84.1. The Hall–Kier alpha value is -1.94. The van der Waals surface area contributed by atoms with Gasteiger partial charge in [0, 0.05) is 25.7 Å². The van der Waals surface area contributed by atoms with Gasteiger partial charge in [0.2, 0.25) is 0 Å². The first-order chi connectivity index (χ1) is 54.4. The van der Waals surface area contributed by atoms with E-state index in [1.807, 2.05) is 0 Å². The number of hydrogen-bond donors (Lipinski definition) is 3. The lowest BCUT2D eigenvalue weighted by molar-refractivity contribution is -0.161. The van der Waals surface area contributed by atoms with E-state index in [0.717, 1.165) is 102 Å². The number of hydrogen-bond acceptors (Lipinski definition) is 15. The number of aliphatic hydroxyl groups is 1. The monoisotopic (exact) mass is 1630 g/mol. The van der Waals surface area contributed by atoms with E-state index in [1.54, 1.807) is 0 Å². The van der Waals surface area contributed by atoms with Gasteiger partial charge in [0.15, 0.2) is 12.2 Å². The third kappa shape index (κ3) is 83.1. The van der Waals surface area contributed by atoms with Gasteiger partial charge in [-0.05, 0) is 37.5 Å². The Balaban J connectivity index is 5.21. The van der Waals surface area contributed by atoms with Crippen molar-refractivity contribution in [3.63, 3.8) is 0 Å². The summed E-state index contributed by atoms with van der Waals surface area (Å²) in [7, 11) is -9.94. The molecule has 0 rings (SSSR count). The minimum absolute atomic E-state index is 0.109. The van der Waals surface area contributed by atoms with Gasteiger partial charge >= 0.3 is 39.5 Å². The van der Waals surface area contributed by atoms with E-state index in [9.17, 15) is 43.2 Å². The van der Waals surface area contributed by atoms with Crippen LogP contribution in [-0.4, -0.2) is 96.7 Å². The molecular weight excluding hydrogens is 1450 g/mol. The molecule has 0 aromatic heterocycles. The first-order valence-corrected chi connectivity index (χ1v) is 51.1. The predicted octanol–water partition coefficient (Wildman–Crippen LogP) is 29.0. The largest absolute Gasteiger partial charge is 0.472 e. The highest BCUT2D eigenvalue weighted by atomic mass is 31.2. The van der Waals surface area contributed by atoms with E-state index in [4.69, 9.17) is 37.0 Å². The summed E-state index contributed by atoms with van der Waals surface area (Å²) >= 11 is 0. The van der Waals surface area contributed by atoms with Crippen molar-refractivity contribution in [2.45, 2.75) is 522 Å². The van der Waals surface area contributed by atoms with E-state index in [1.165, 1.54) is 321 Å². The zero-order valence-electron chi connectivity index (χ0n) is 74.0. The van der Waals surface area contributed by atoms with Crippen LogP contribution in [-0.2, 0) is 65.4 Å². The normalized spacial score (nSPS) is 14.2. The number of phosphoric ester groups is 2. The molecule has 0 saturated heterocycles. The second-order valence-corrected chi connectivity index (χ2v) is 36.8. The van der Waals surface area contributed by atoms with Gasteiger partial charge in [-0.15, -0.1) is 0 Å². The summed E-state index contributed by atoms with van der Waals surface area (Å²) < 4.78 is 69.1. The molecule has 3 N–H and O–H groups in total. The SMILES string of the molecule is CCCCCCCCCCCCCCCCCCCCC(=O)O[C@H](COC(=O)CCCCCCCCCCCC)COP(=O)(O)OC[C@H](O)COP(=O)(O)OC[C@@H](COC(=O)CCCCCCCCCCCCCCCCCCCCC(C)CC)OC(=O)CCCCCCCCCCCCCCCCCCCCC(C)CC. The summed E-state index contributed by atoms with van der Waals surface area (Å²) in [6, 6.07) is 0. The molecule has 112 heavy (non-hydrogen) atoms. The molecule has 4 unspecified atom stereocenters. The molecule has 0 aromatic rings. The molecular formula is C93H182O17P2. The highest BCUT2D eigenvalue weighted by Crippen LogP contribution is 2.45. The Labute approximate surface area is 689 Å². The van der Waals surface area contributed by atoms with Gasteiger partial charge in [0.1, 0.15) is 19.3 Å². The average molecular weight is 1630 g/mol. The minimum atomic E-state index is -4.97. The summed E-state index contributed by atoms with van der Waals surface area (Å²) in [5, 5.41) is 10.7. The molecule has 0 aliphatic rings. The van der Waals surface area contributed by atoms with Gasteiger partial charge in [-0.2, -0.15) is 0 Å². The maximum absolute atomic E-state index is 13.2. The van der Waals surface area contributed by atoms with Crippen LogP contribution in [0, 0.1) is 11.8 Å². The molecule has 0 bridgehead atoms. The number of esters is 4. The molecule has 666 valence electrons. The van der Waals surface area contributed by atoms with Crippen LogP contribution >= 0.6 is 15.6 Å². The summed E-state index contributed by atoms with van der Waals surface area (Å²) in [6.45, 7) is 9.84. The van der Waals surface area contributed by atoms with E-state index < -0.39 is 97.5 Å². The van der Waals surface area contributed by atoms with Gasteiger partial charge in [-0.25, -0.2) is 9.13 Å². The van der Waals surface area contributed by atoms with Crippen molar-refractivity contribution in [1.82, 2.24) is 0 Å². The lowest BCUT2D eigenvalue weighted by atomic mass is 9.99. The molecule has 0 spiro atoms. The van der Waals surface area contributed by atoms with E-state index in [-0.39, 0.29) is 25.7 Å². The molecule has 0 aliphatic carbocycles. The van der Waals surface area contributed by atoms with Crippen molar-refractivity contribution in [1.29, 1.82) is 0 Å². The standard InChI is InChI=1S/C93H182O17P2/c1-7-11-13-15-17-19-21-22-23-24-31-37-42-47-53-59-65-71-77-92(97)109-88(81-103-90(95)75-69-63-57-51-20-18-16-14-12-8-2)83-107-111(99,100)105-79-87(94)80-106-112(101,102)108-84-89(110-93(98)78-72-66-60-54-48-43-38-33-28-26-30-35-40-45-50-56-62-68-74-86(6)10-4)82-104-91(96)76-70-64-58-52-46-41-36-32-27-25-29-34-39-44-49-55-61-67-73-85(5)9-3/h85-89,94H,7-84H2,1-6H3,(H,99,100)(H,101,102)/t85?,86?,87-,88+,89+/m0/s1. The average Bonchev–Trinajstić information content (AvgIpc) is 0.899. The van der Waals surface area contributed by atoms with Crippen molar-refractivity contribution in [3.8, 4) is 0 Å². The van der Waals surface area contributed by atoms with E-state index >= 15 is 0 Å². The fourth-order valence-corrected chi connectivity index (χ4v) is 16.2. The van der Waals surface area contributed by atoms with Crippen molar-refractivity contribution in [2.75, 3.05) is 39.6 Å². The number of aliphatic hydroxyl groups excluding tert-OH is 1. The molecule has 7 atom stereocenters. The Morgan fingerprint density at radius 1 is 0.250 bits per heavy atom. The smallest absolute Gasteiger partial charge is 0.462 e. The van der Waals surface area contributed by atoms with Gasteiger partial charge in [0.25, 0.3) is 0 Å². The van der Waals surface area contributed by atoms with Crippen molar-refractivity contribution >= 4 is 39.5 Å². The highest BCUT2D eigenvalue weighted by molar-refractivity contribution is 7.47. The Kier molecular flexibility index (Phi) is 82.6. The van der Waals surface area contributed by atoms with Crippen LogP contribution in [0.15, 0.2) is 0 Å². The highest BCUT2D eigenvalue weighted by Gasteiger charge is 2.31. The molecule has 0 saturated carbocycles. The molecule has 0 aliphatic heterocycles. The predicted molar refractivity (Wildman–Crippen MR) is 465 cm³/mol. The first kappa shape index (κ1) is 110. The minimum Gasteiger partial charge on any atom is -0.462 e. The summed E-state index contributed by atoms with van der Waals surface area (Å²) in [5.41, 5.74) is 0. The Bertz CT molecular complexity index is 2140. The van der Waals surface area contributed by atoms with Crippen molar-refractivity contribution in [2.24, 2.45) is 11.8 Å². The molecule has 0 heterocycles. The van der Waals surface area contributed by atoms with Crippen LogP contribution in [0.25, 0.3) is 0 Å². The molecule has 17 nitrogen and oxygen atoms in total. The van der Waals surface area contributed by atoms with Gasteiger partial charge in [-0.1, -0.05) is 452 Å². The maximum atomic E-state index is 13.2. The number of carbonyl (C=O) groups is 4. The summed E-state index contributed by atoms with van der Waals surface area (Å²) in [4.78, 5) is 73.4. The molecule has 0 aromatic carbocycles. The number of phosphoric acid groups is 2. The van der Waals surface area contributed by atoms with Gasteiger partial charge in [0.05, 0.1) is 26.4 Å². The Morgan fingerprint density at radius 2 is 0.429 bits per heavy atom. The third-order valence-electron chi connectivity index (χ3n) is 22.7. The topological polar surface area (TPSA) is 237 Å². The van der Waals surface area contributed by atoms with Crippen LogP contribution in [0.5, 0.6) is 0 Å². The molecule has 0 fully saturated rings. The van der Waals surface area contributed by atoms with E-state index in [2.05, 4.69) is 41.5 Å². The van der Waals surface area contributed by atoms with Crippen LogP contribution in [0.2, 0.25) is 0 Å².